The Balaban J connectivity index is 2.00. The van der Waals surface area contributed by atoms with Gasteiger partial charge in [0.15, 0.2) is 0 Å². The van der Waals surface area contributed by atoms with E-state index < -0.39 is 0 Å². The lowest BCUT2D eigenvalue weighted by Crippen LogP contribution is -2.24. The standard InChI is InChI=1S/C11H12N4O2/c1-15-7-8(6-14-15)5-13-11(17)9-2-3-12-10(16)4-9/h2-4,6-7H,5H2,1H3,(H,12,16)(H,13,17). The van der Waals surface area contributed by atoms with Crippen molar-refractivity contribution in [1.29, 1.82) is 0 Å². The van der Waals surface area contributed by atoms with Crippen LogP contribution in [0.3, 0.4) is 0 Å². The maximum atomic E-state index is 11.7. The Morgan fingerprint density at radius 2 is 2.41 bits per heavy atom. The van der Waals surface area contributed by atoms with E-state index in [1.54, 1.807) is 16.9 Å². The SMILES string of the molecule is Cn1cc(CNC(=O)c2cc[nH]c(=O)c2)cn1. The number of pyridine rings is 1. The van der Waals surface area contributed by atoms with Gasteiger partial charge in [-0.2, -0.15) is 5.10 Å². The molecule has 0 unspecified atom stereocenters. The third-order valence-corrected chi connectivity index (χ3v) is 2.25. The van der Waals surface area contributed by atoms with E-state index in [1.807, 2.05) is 13.2 Å². The lowest BCUT2D eigenvalue weighted by atomic mass is 10.2. The molecule has 0 spiro atoms. The van der Waals surface area contributed by atoms with Gasteiger partial charge in [-0.25, -0.2) is 0 Å². The van der Waals surface area contributed by atoms with Crippen molar-refractivity contribution in [3.8, 4) is 0 Å². The summed E-state index contributed by atoms with van der Waals surface area (Å²) >= 11 is 0. The number of carbonyl (C=O) groups excluding carboxylic acids is 1. The van der Waals surface area contributed by atoms with Crippen molar-refractivity contribution < 1.29 is 4.79 Å². The van der Waals surface area contributed by atoms with Crippen molar-refractivity contribution in [2.45, 2.75) is 6.54 Å². The van der Waals surface area contributed by atoms with E-state index >= 15 is 0 Å². The van der Waals surface area contributed by atoms with Crippen LogP contribution in [-0.4, -0.2) is 20.7 Å². The number of hydrogen-bond donors (Lipinski definition) is 2. The van der Waals surface area contributed by atoms with Crippen LogP contribution in [0.5, 0.6) is 0 Å². The average Bonchev–Trinajstić information content (AvgIpc) is 2.72. The van der Waals surface area contributed by atoms with E-state index in [-0.39, 0.29) is 11.5 Å². The number of nitrogens with zero attached hydrogens (tertiary/aromatic N) is 2. The lowest BCUT2D eigenvalue weighted by molar-refractivity contribution is 0.0950. The predicted molar refractivity (Wildman–Crippen MR) is 61.4 cm³/mol. The van der Waals surface area contributed by atoms with Gasteiger partial charge in [0.05, 0.1) is 6.20 Å². The van der Waals surface area contributed by atoms with Gasteiger partial charge in [0.2, 0.25) is 5.56 Å². The zero-order valence-electron chi connectivity index (χ0n) is 9.30. The van der Waals surface area contributed by atoms with Crippen LogP contribution in [0.1, 0.15) is 15.9 Å². The molecule has 0 aliphatic rings. The summed E-state index contributed by atoms with van der Waals surface area (Å²) in [4.78, 5) is 25.2. The first-order chi connectivity index (χ1) is 8.15. The van der Waals surface area contributed by atoms with Crippen LogP contribution in [0.4, 0.5) is 0 Å². The highest BCUT2D eigenvalue weighted by molar-refractivity contribution is 5.93. The molecule has 0 aromatic carbocycles. The number of H-pyrrole nitrogens is 1. The number of carbonyl (C=O) groups is 1. The number of nitrogens with one attached hydrogen (secondary N) is 2. The molecule has 0 atom stereocenters. The van der Waals surface area contributed by atoms with Gasteiger partial charge in [0.1, 0.15) is 0 Å². The molecular weight excluding hydrogens is 220 g/mol. The maximum Gasteiger partial charge on any atom is 0.251 e. The first kappa shape index (κ1) is 11.1. The largest absolute Gasteiger partial charge is 0.348 e. The molecule has 2 N–H and O–H groups in total. The summed E-state index contributed by atoms with van der Waals surface area (Å²) in [6.07, 6.45) is 4.94. The minimum atomic E-state index is -0.293. The highest BCUT2D eigenvalue weighted by Gasteiger charge is 2.05. The summed E-state index contributed by atoms with van der Waals surface area (Å²) in [7, 11) is 1.81. The third kappa shape index (κ3) is 2.81. The molecule has 2 aromatic heterocycles. The van der Waals surface area contributed by atoms with Crippen molar-refractivity contribution in [3.63, 3.8) is 0 Å². The Labute approximate surface area is 97.3 Å². The van der Waals surface area contributed by atoms with Gasteiger partial charge in [0, 0.05) is 43.2 Å². The molecule has 0 saturated carbocycles. The molecule has 2 rings (SSSR count). The zero-order valence-corrected chi connectivity index (χ0v) is 9.30. The molecule has 0 bridgehead atoms. The number of amides is 1. The molecule has 2 heterocycles. The van der Waals surface area contributed by atoms with Crippen LogP contribution < -0.4 is 10.9 Å². The monoisotopic (exact) mass is 232 g/mol. The summed E-state index contributed by atoms with van der Waals surface area (Å²) < 4.78 is 1.66. The van der Waals surface area contributed by atoms with Crippen molar-refractivity contribution in [2.24, 2.45) is 7.05 Å². The fraction of sp³-hybridized carbons (Fsp3) is 0.182. The van der Waals surface area contributed by atoms with E-state index in [0.29, 0.717) is 12.1 Å². The van der Waals surface area contributed by atoms with E-state index in [0.717, 1.165) is 5.56 Å². The molecule has 2 aromatic rings. The smallest absolute Gasteiger partial charge is 0.251 e. The summed E-state index contributed by atoms with van der Waals surface area (Å²) in [6, 6.07) is 2.82. The highest BCUT2D eigenvalue weighted by atomic mass is 16.2. The minimum Gasteiger partial charge on any atom is -0.348 e. The third-order valence-electron chi connectivity index (χ3n) is 2.25. The van der Waals surface area contributed by atoms with Crippen LogP contribution in [-0.2, 0) is 13.6 Å². The molecule has 1 amide bonds. The summed E-state index contributed by atoms with van der Waals surface area (Å²) in [6.45, 7) is 0.388. The second-order valence-electron chi connectivity index (χ2n) is 3.65. The first-order valence-electron chi connectivity index (χ1n) is 5.09. The van der Waals surface area contributed by atoms with Gasteiger partial charge < -0.3 is 10.3 Å². The minimum absolute atomic E-state index is 0.278. The van der Waals surface area contributed by atoms with Crippen LogP contribution >= 0.6 is 0 Å². The maximum absolute atomic E-state index is 11.7. The quantitative estimate of drug-likeness (QED) is 0.784. The lowest BCUT2D eigenvalue weighted by Gasteiger charge is -2.02. The van der Waals surface area contributed by atoms with Crippen LogP contribution in [0, 0.1) is 0 Å². The number of aryl methyl sites for hydroxylation is 1. The molecule has 6 heteroatoms. The van der Waals surface area contributed by atoms with Gasteiger partial charge >= 0.3 is 0 Å². The second kappa shape index (κ2) is 4.65. The van der Waals surface area contributed by atoms with Crippen LogP contribution in [0.2, 0.25) is 0 Å². The fourth-order valence-corrected chi connectivity index (χ4v) is 1.43. The Kier molecular flexibility index (Phi) is 3.04. The summed E-state index contributed by atoms with van der Waals surface area (Å²) in [5.74, 6) is -0.278. The summed E-state index contributed by atoms with van der Waals surface area (Å²) in [5.41, 5.74) is 0.961. The normalized spacial score (nSPS) is 10.2. The first-order valence-corrected chi connectivity index (χ1v) is 5.09. The van der Waals surface area contributed by atoms with Gasteiger partial charge in [-0.3, -0.25) is 14.3 Å². The van der Waals surface area contributed by atoms with E-state index in [1.165, 1.54) is 12.3 Å². The molecule has 0 fully saturated rings. The number of aromatic nitrogens is 3. The second-order valence-corrected chi connectivity index (χ2v) is 3.65. The number of aromatic amines is 1. The fourth-order valence-electron chi connectivity index (χ4n) is 1.43. The predicted octanol–water partition coefficient (Wildman–Crippen LogP) is 0.0384. The van der Waals surface area contributed by atoms with Crippen molar-refractivity contribution in [1.82, 2.24) is 20.1 Å². The molecule has 17 heavy (non-hydrogen) atoms. The topological polar surface area (TPSA) is 79.8 Å². The molecular formula is C11H12N4O2. The van der Waals surface area contributed by atoms with E-state index in [4.69, 9.17) is 0 Å². The van der Waals surface area contributed by atoms with Gasteiger partial charge in [-0.1, -0.05) is 0 Å². The van der Waals surface area contributed by atoms with Crippen molar-refractivity contribution in [3.05, 3.63) is 52.2 Å². The number of hydrogen-bond acceptors (Lipinski definition) is 3. The van der Waals surface area contributed by atoms with E-state index in [9.17, 15) is 9.59 Å². The highest BCUT2D eigenvalue weighted by Crippen LogP contribution is 1.97. The Morgan fingerprint density at radius 3 is 3.06 bits per heavy atom. The van der Waals surface area contributed by atoms with Gasteiger partial charge in [0.25, 0.3) is 5.91 Å². The van der Waals surface area contributed by atoms with Gasteiger partial charge in [-0.05, 0) is 6.07 Å². The molecule has 0 saturated heterocycles. The Bertz CT molecular complexity index is 585. The molecule has 6 nitrogen and oxygen atoms in total. The van der Waals surface area contributed by atoms with Gasteiger partial charge in [-0.15, -0.1) is 0 Å². The Hall–Kier alpha value is -2.37. The van der Waals surface area contributed by atoms with E-state index in [2.05, 4.69) is 15.4 Å². The number of rotatable bonds is 3. The molecule has 0 aliphatic carbocycles. The molecule has 88 valence electrons. The molecule has 0 aliphatic heterocycles. The Morgan fingerprint density at radius 1 is 1.59 bits per heavy atom. The van der Waals surface area contributed by atoms with Crippen molar-refractivity contribution >= 4 is 5.91 Å². The van der Waals surface area contributed by atoms with Crippen LogP contribution in [0.25, 0.3) is 0 Å². The molecule has 0 radical (unpaired) electrons. The summed E-state index contributed by atoms with van der Waals surface area (Å²) in [5, 5.41) is 6.70. The zero-order chi connectivity index (χ0) is 12.3. The average molecular weight is 232 g/mol. The van der Waals surface area contributed by atoms with Crippen LogP contribution in [0.15, 0.2) is 35.5 Å². The van der Waals surface area contributed by atoms with Crippen molar-refractivity contribution in [2.75, 3.05) is 0 Å².